The van der Waals surface area contributed by atoms with Crippen LogP contribution in [0.5, 0.6) is 0 Å². The van der Waals surface area contributed by atoms with Crippen LogP contribution in [0.15, 0.2) is 123 Å². The Hall–Kier alpha value is -7.26. The molecule has 2 saturated carbocycles. The number of hydrogen-bond acceptors (Lipinski definition) is 12. The number of amides is 6. The Morgan fingerprint density at radius 3 is 1.65 bits per heavy atom. The first kappa shape index (κ1) is 44.6. The predicted molar refractivity (Wildman–Crippen MR) is 255 cm³/mol. The molecule has 4 aromatic rings. The van der Waals surface area contributed by atoms with Crippen LogP contribution in [0, 0.1) is 28.1 Å². The summed E-state index contributed by atoms with van der Waals surface area (Å²) in [7, 11) is 0. The van der Waals surface area contributed by atoms with E-state index in [1.54, 1.807) is 91.1 Å². The van der Waals surface area contributed by atoms with E-state index in [1.807, 2.05) is 36.4 Å². The lowest BCUT2D eigenvalue weighted by Gasteiger charge is -2.38. The summed E-state index contributed by atoms with van der Waals surface area (Å²) in [4.78, 5) is 85.1. The van der Waals surface area contributed by atoms with Gasteiger partial charge in [-0.25, -0.2) is 9.59 Å². The van der Waals surface area contributed by atoms with Gasteiger partial charge < -0.3 is 9.47 Å². The summed E-state index contributed by atoms with van der Waals surface area (Å²) in [5.74, 6) is -3.71. The van der Waals surface area contributed by atoms with E-state index in [0.29, 0.717) is 20.9 Å². The molecule has 0 bridgehead atoms. The maximum atomic E-state index is 14.4. The van der Waals surface area contributed by atoms with Gasteiger partial charge in [-0.05, 0) is 102 Å². The smallest absolute Gasteiger partial charge is 0.424 e. The van der Waals surface area contributed by atoms with Gasteiger partial charge >= 0.3 is 12.2 Å². The third-order valence-corrected chi connectivity index (χ3v) is 16.8. The second-order valence-corrected chi connectivity index (χ2v) is 20.3. The molecule has 0 radical (unpaired) electrons. The van der Waals surface area contributed by atoms with Crippen LogP contribution in [0.25, 0.3) is 21.0 Å². The van der Waals surface area contributed by atoms with E-state index in [9.17, 15) is 39.3 Å². The molecule has 6 aliphatic rings. The maximum absolute atomic E-state index is 14.4. The minimum atomic E-state index is -1.16. The van der Waals surface area contributed by atoms with E-state index >= 15 is 0 Å². The fraction of sp³-hybridized carbons (Fsp3) is 0.296. The number of nitriles is 2. The molecule has 4 aliphatic carbocycles. The molecule has 2 spiro atoms. The summed E-state index contributed by atoms with van der Waals surface area (Å²) in [6, 6.07) is 23.7. The zero-order chi connectivity index (χ0) is 47.5. The van der Waals surface area contributed by atoms with Gasteiger partial charge in [-0.2, -0.15) is 20.3 Å². The van der Waals surface area contributed by atoms with Gasteiger partial charge in [0.2, 0.25) is 0 Å². The highest BCUT2D eigenvalue weighted by molar-refractivity contribution is 7.29. The van der Waals surface area contributed by atoms with Crippen LogP contribution in [-0.2, 0) is 47.3 Å². The number of carbonyl (C=O) groups is 6. The van der Waals surface area contributed by atoms with Crippen LogP contribution < -0.4 is 0 Å². The third kappa shape index (κ3) is 7.04. The van der Waals surface area contributed by atoms with Crippen LogP contribution in [0.1, 0.15) is 105 Å². The van der Waals surface area contributed by atoms with Gasteiger partial charge in [-0.3, -0.25) is 19.2 Å². The van der Waals surface area contributed by atoms with Crippen molar-refractivity contribution in [1.29, 1.82) is 10.5 Å². The maximum Gasteiger partial charge on any atom is 0.424 e. The molecule has 4 heterocycles. The number of imide groups is 6. The van der Waals surface area contributed by atoms with Gasteiger partial charge in [0.05, 0.1) is 4.70 Å². The van der Waals surface area contributed by atoms with Crippen molar-refractivity contribution in [1.82, 2.24) is 9.80 Å². The Balaban J connectivity index is 1.03. The number of rotatable bonds is 6. The van der Waals surface area contributed by atoms with E-state index in [1.165, 1.54) is 21.6 Å². The lowest BCUT2D eigenvalue weighted by atomic mass is 9.66. The third-order valence-electron chi connectivity index (χ3n) is 14.5. The summed E-state index contributed by atoms with van der Waals surface area (Å²) >= 11 is 3.26. The molecular formula is C54H44N4O8S2. The van der Waals surface area contributed by atoms with Crippen molar-refractivity contribution < 1.29 is 38.2 Å². The predicted octanol–water partition coefficient (Wildman–Crippen LogP) is 11.2. The van der Waals surface area contributed by atoms with Crippen molar-refractivity contribution in [2.75, 3.05) is 0 Å². The van der Waals surface area contributed by atoms with Gasteiger partial charge in [0, 0.05) is 36.4 Å². The molecule has 0 unspecified atom stereocenters. The number of thiophene rings is 2. The van der Waals surface area contributed by atoms with Crippen molar-refractivity contribution in [3.63, 3.8) is 0 Å². The number of hydrogen-bond donors (Lipinski definition) is 0. The number of allylic oxidation sites excluding steroid dienone is 5. The van der Waals surface area contributed by atoms with E-state index in [-0.39, 0.29) is 52.1 Å². The highest BCUT2D eigenvalue weighted by atomic mass is 32.1. The van der Waals surface area contributed by atoms with E-state index in [4.69, 9.17) is 9.47 Å². The molecule has 2 aliphatic heterocycles. The van der Waals surface area contributed by atoms with Crippen LogP contribution in [0.2, 0.25) is 0 Å². The molecule has 0 atom stereocenters. The lowest BCUT2D eigenvalue weighted by Crippen LogP contribution is -2.46. The van der Waals surface area contributed by atoms with Gasteiger partial charge in [0.15, 0.2) is 0 Å². The zero-order valence-corrected chi connectivity index (χ0v) is 39.1. The highest BCUT2D eigenvalue weighted by Gasteiger charge is 2.57. The van der Waals surface area contributed by atoms with Crippen molar-refractivity contribution >= 4 is 79.5 Å². The fourth-order valence-electron chi connectivity index (χ4n) is 11.1. The standard InChI is InChI=1S/C54H44N4O8S2/c1-31-37(47(59)57(49(61)39(31)27-55)51(63)65-29-33-15-7-3-8-16-33)23-35-24-41-43(53(35)19-11-5-12-20-53)46-44(54(41)21-13-6-14-22-54)45-42(68-46)26-36(67-45)25-38-32(2)40(28-56)50(62)58(48(38)60)52(64)66-30-34-17-9-4-10-18-34/h3-4,7-10,15-18,23-26H,5-6,11-14,19-22,29-30H2,1-2H3/b37-23+,38-25+. The van der Waals surface area contributed by atoms with E-state index in [0.717, 1.165) is 84.1 Å². The molecular weight excluding hydrogens is 897 g/mol. The highest BCUT2D eigenvalue weighted by Crippen LogP contribution is 2.70. The number of nitrogens with zero attached hydrogens (tertiary/aromatic N) is 4. The zero-order valence-electron chi connectivity index (χ0n) is 37.4. The summed E-state index contributed by atoms with van der Waals surface area (Å²) in [5.41, 5.74) is 5.28. The molecule has 0 saturated heterocycles. The first-order valence-corrected chi connectivity index (χ1v) is 24.5. The SMILES string of the molecule is CC1=C(C#N)C(=O)N(C(=O)OCc2ccccc2)C(=O)/C1=C/C1=CC2=C(c3sc4cc(/C=C5/C(=O)N(C(=O)OCc6ccccc6)C(=O)C(C#N)=C5C)sc4c3C23CCCCC3)C12CCCCC2. The van der Waals surface area contributed by atoms with Gasteiger partial charge in [0.25, 0.3) is 23.6 Å². The van der Waals surface area contributed by atoms with Crippen molar-refractivity contribution in [2.45, 2.75) is 96.7 Å². The fourth-order valence-corrected chi connectivity index (χ4v) is 14.1. The second kappa shape index (κ2) is 17.4. The molecule has 2 aromatic carbocycles. The second-order valence-electron chi connectivity index (χ2n) is 18.1. The average molecular weight is 941 g/mol. The molecule has 0 N–H and O–H groups in total. The first-order valence-electron chi connectivity index (χ1n) is 22.8. The molecule has 12 nitrogen and oxygen atoms in total. The lowest BCUT2D eigenvalue weighted by molar-refractivity contribution is -0.140. The summed E-state index contributed by atoms with van der Waals surface area (Å²) in [6.07, 6.45) is 13.1. The topological polar surface area (TPSA) is 175 Å². The van der Waals surface area contributed by atoms with E-state index in [2.05, 4.69) is 6.08 Å². The molecule has 14 heteroatoms. The Bertz CT molecular complexity index is 3190. The Labute approximate surface area is 400 Å². The molecule has 340 valence electrons. The van der Waals surface area contributed by atoms with Crippen LogP contribution in [0.4, 0.5) is 9.59 Å². The summed E-state index contributed by atoms with van der Waals surface area (Å²) in [6.45, 7) is 2.81. The van der Waals surface area contributed by atoms with Gasteiger partial charge in [0.1, 0.15) is 36.5 Å². The van der Waals surface area contributed by atoms with Crippen LogP contribution in [0.3, 0.4) is 0 Å². The largest absolute Gasteiger partial charge is 0.444 e. The Morgan fingerprint density at radius 2 is 1.15 bits per heavy atom. The molecule has 10 rings (SSSR count). The summed E-state index contributed by atoms with van der Waals surface area (Å²) < 4.78 is 13.0. The van der Waals surface area contributed by atoms with Gasteiger partial charge in [-0.1, -0.05) is 105 Å². The van der Waals surface area contributed by atoms with Gasteiger partial charge in [-0.15, -0.1) is 22.7 Å². The Kier molecular flexibility index (Phi) is 11.4. The Morgan fingerprint density at radius 1 is 0.662 bits per heavy atom. The normalized spacial score (nSPS) is 21.0. The van der Waals surface area contributed by atoms with Crippen LogP contribution >= 0.6 is 22.7 Å². The van der Waals surface area contributed by atoms with Crippen molar-refractivity contribution in [2.24, 2.45) is 5.41 Å². The van der Waals surface area contributed by atoms with Crippen molar-refractivity contribution in [3.05, 3.63) is 150 Å². The molecule has 2 fully saturated rings. The molecule has 2 aromatic heterocycles. The minimum Gasteiger partial charge on any atom is -0.444 e. The minimum absolute atomic E-state index is 0.0593. The average Bonchev–Trinajstić information content (AvgIpc) is 4.05. The van der Waals surface area contributed by atoms with Crippen LogP contribution in [-0.4, -0.2) is 45.6 Å². The molecule has 68 heavy (non-hydrogen) atoms. The monoisotopic (exact) mass is 940 g/mol. The number of carbonyl (C=O) groups excluding carboxylic acids is 6. The first-order chi connectivity index (χ1) is 32.9. The quantitative estimate of drug-likeness (QED) is 0.134. The number of ether oxygens (including phenoxy) is 2. The molecule has 6 amide bonds. The number of fused-ring (bicyclic) bond motifs is 7. The number of benzene rings is 2. The van der Waals surface area contributed by atoms with Crippen molar-refractivity contribution in [3.8, 4) is 12.1 Å². The van der Waals surface area contributed by atoms with E-state index < -0.39 is 41.2 Å². The summed E-state index contributed by atoms with van der Waals surface area (Å²) in [5, 5.41) is 20.3.